The molecule has 1 amide bonds. The minimum absolute atomic E-state index is 0.0750. The fraction of sp³-hybridized carbons (Fsp3) is 0.105. The maximum atomic E-state index is 13.6. The number of ether oxygens (including phenoxy) is 2. The summed E-state index contributed by atoms with van der Waals surface area (Å²) in [6.45, 7) is 1.03. The summed E-state index contributed by atoms with van der Waals surface area (Å²) in [4.78, 5) is 12.2. The normalized spacial score (nSPS) is 12.3. The molecule has 2 aromatic carbocycles. The molecular formula is C19H15FN4O3. The van der Waals surface area contributed by atoms with Crippen LogP contribution in [-0.4, -0.2) is 29.3 Å². The van der Waals surface area contributed by atoms with E-state index in [-0.39, 0.29) is 11.4 Å². The average molecular weight is 366 g/mol. The van der Waals surface area contributed by atoms with E-state index >= 15 is 0 Å². The largest absolute Gasteiger partial charge is 0.486 e. The number of carbonyl (C=O) groups excluding carboxylic acids is 1. The quantitative estimate of drug-likeness (QED) is 0.736. The minimum Gasteiger partial charge on any atom is -0.486 e. The number of rotatable bonds is 4. The molecule has 0 aliphatic carbocycles. The van der Waals surface area contributed by atoms with Crippen molar-refractivity contribution in [2.45, 2.75) is 0 Å². The highest BCUT2D eigenvalue weighted by Gasteiger charge is 2.13. The molecule has 0 atom stereocenters. The van der Waals surface area contributed by atoms with Crippen molar-refractivity contribution in [1.29, 1.82) is 0 Å². The minimum atomic E-state index is -0.543. The lowest BCUT2D eigenvalue weighted by molar-refractivity contribution is 0.102. The van der Waals surface area contributed by atoms with Gasteiger partial charge in [-0.3, -0.25) is 4.79 Å². The molecular weight excluding hydrogens is 351 g/mol. The van der Waals surface area contributed by atoms with Gasteiger partial charge in [0.2, 0.25) is 0 Å². The number of nitrogens with one attached hydrogen (secondary N) is 2. The van der Waals surface area contributed by atoms with Crippen LogP contribution in [-0.2, 0) is 0 Å². The molecule has 0 radical (unpaired) electrons. The first-order chi connectivity index (χ1) is 13.2. The number of benzene rings is 2. The number of nitrogens with zero attached hydrogens (tertiary/aromatic N) is 2. The monoisotopic (exact) mass is 366 g/mol. The van der Waals surface area contributed by atoms with Crippen LogP contribution in [0.25, 0.3) is 0 Å². The Hall–Kier alpha value is -3.68. The van der Waals surface area contributed by atoms with Gasteiger partial charge in [0, 0.05) is 11.8 Å². The summed E-state index contributed by atoms with van der Waals surface area (Å²) in [5, 5.41) is 13.4. The summed E-state index contributed by atoms with van der Waals surface area (Å²) >= 11 is 0. The van der Waals surface area contributed by atoms with Gasteiger partial charge in [-0.1, -0.05) is 12.1 Å². The van der Waals surface area contributed by atoms with Crippen LogP contribution >= 0.6 is 0 Å². The maximum absolute atomic E-state index is 13.6. The van der Waals surface area contributed by atoms with Crippen LogP contribution in [0.5, 0.6) is 11.5 Å². The molecule has 136 valence electrons. The van der Waals surface area contributed by atoms with Gasteiger partial charge in [-0.2, -0.15) is 0 Å². The highest BCUT2D eigenvalue weighted by molar-refractivity contribution is 6.02. The van der Waals surface area contributed by atoms with Crippen LogP contribution in [0.2, 0.25) is 0 Å². The third-order valence-corrected chi connectivity index (χ3v) is 3.83. The van der Waals surface area contributed by atoms with E-state index in [9.17, 15) is 9.18 Å². The van der Waals surface area contributed by atoms with Gasteiger partial charge in [-0.15, -0.1) is 10.2 Å². The molecule has 8 heteroatoms. The summed E-state index contributed by atoms with van der Waals surface area (Å²) < 4.78 is 24.6. The molecule has 0 spiro atoms. The zero-order valence-corrected chi connectivity index (χ0v) is 14.1. The van der Waals surface area contributed by atoms with Crippen LogP contribution in [0.1, 0.15) is 10.5 Å². The number of carbonyl (C=O) groups is 1. The predicted octanol–water partition coefficient (Wildman–Crippen LogP) is 3.38. The molecule has 2 N–H and O–H groups in total. The van der Waals surface area contributed by atoms with Crippen molar-refractivity contribution in [3.8, 4) is 11.5 Å². The van der Waals surface area contributed by atoms with Crippen molar-refractivity contribution in [3.63, 3.8) is 0 Å². The molecule has 2 heterocycles. The number of hydrogen-bond acceptors (Lipinski definition) is 6. The van der Waals surface area contributed by atoms with Crippen molar-refractivity contribution in [2.24, 2.45) is 0 Å². The Morgan fingerprint density at radius 1 is 0.963 bits per heavy atom. The maximum Gasteiger partial charge on any atom is 0.276 e. The second kappa shape index (κ2) is 7.28. The predicted molar refractivity (Wildman–Crippen MR) is 97.1 cm³/mol. The summed E-state index contributed by atoms with van der Waals surface area (Å²) in [5.74, 6) is 0.737. The Kier molecular flexibility index (Phi) is 4.52. The van der Waals surface area contributed by atoms with Crippen LogP contribution in [0.15, 0.2) is 54.6 Å². The third kappa shape index (κ3) is 3.79. The highest BCUT2D eigenvalue weighted by Crippen LogP contribution is 2.33. The van der Waals surface area contributed by atoms with E-state index in [0.29, 0.717) is 30.5 Å². The molecule has 7 nitrogen and oxygen atoms in total. The topological polar surface area (TPSA) is 85.4 Å². The van der Waals surface area contributed by atoms with E-state index in [4.69, 9.17) is 9.47 Å². The first-order valence-electron chi connectivity index (χ1n) is 8.25. The van der Waals surface area contributed by atoms with Gasteiger partial charge in [0.15, 0.2) is 23.0 Å². The molecule has 3 aromatic rings. The average Bonchev–Trinajstić information content (AvgIpc) is 2.70. The van der Waals surface area contributed by atoms with Gasteiger partial charge in [-0.25, -0.2) is 4.39 Å². The number of aromatic nitrogens is 2. The lowest BCUT2D eigenvalue weighted by Crippen LogP contribution is -2.16. The Labute approximate surface area is 154 Å². The fourth-order valence-electron chi connectivity index (χ4n) is 2.54. The highest BCUT2D eigenvalue weighted by atomic mass is 19.1. The van der Waals surface area contributed by atoms with E-state index < -0.39 is 11.7 Å². The number of hydrogen-bond donors (Lipinski definition) is 2. The number of anilines is 3. The zero-order valence-electron chi connectivity index (χ0n) is 14.1. The van der Waals surface area contributed by atoms with Crippen LogP contribution < -0.4 is 20.1 Å². The molecule has 1 aliphatic rings. The summed E-state index contributed by atoms with van der Waals surface area (Å²) in [6.07, 6.45) is 0. The van der Waals surface area contributed by atoms with Gasteiger partial charge in [0.05, 0.1) is 5.69 Å². The number of halogens is 1. The van der Waals surface area contributed by atoms with Gasteiger partial charge in [0.25, 0.3) is 5.91 Å². The van der Waals surface area contributed by atoms with E-state index in [1.165, 1.54) is 18.2 Å². The Morgan fingerprint density at radius 3 is 2.56 bits per heavy atom. The van der Waals surface area contributed by atoms with Crippen LogP contribution in [0.4, 0.5) is 21.6 Å². The van der Waals surface area contributed by atoms with Crippen LogP contribution in [0.3, 0.4) is 0 Å². The SMILES string of the molecule is O=C(Nc1ccccc1F)c1ccc(Nc2ccc3c(c2)OCCO3)nn1. The smallest absolute Gasteiger partial charge is 0.276 e. The van der Waals surface area contributed by atoms with Gasteiger partial charge in [0.1, 0.15) is 19.0 Å². The van der Waals surface area contributed by atoms with Crippen molar-refractivity contribution in [3.05, 3.63) is 66.1 Å². The Balaban J connectivity index is 1.44. The summed E-state index contributed by atoms with van der Waals surface area (Å²) in [7, 11) is 0. The molecule has 1 aliphatic heterocycles. The fourth-order valence-corrected chi connectivity index (χ4v) is 2.54. The van der Waals surface area contributed by atoms with Crippen molar-refractivity contribution < 1.29 is 18.7 Å². The van der Waals surface area contributed by atoms with Gasteiger partial charge < -0.3 is 20.1 Å². The van der Waals surface area contributed by atoms with E-state index in [1.54, 1.807) is 30.3 Å². The molecule has 1 aromatic heterocycles. The lowest BCUT2D eigenvalue weighted by Gasteiger charge is -2.19. The zero-order chi connectivity index (χ0) is 18.6. The first-order valence-corrected chi connectivity index (χ1v) is 8.25. The molecule has 4 rings (SSSR count). The van der Waals surface area contributed by atoms with E-state index in [0.717, 1.165) is 5.69 Å². The number of amides is 1. The molecule has 0 bridgehead atoms. The Bertz CT molecular complexity index is 979. The van der Waals surface area contributed by atoms with Gasteiger partial charge >= 0.3 is 0 Å². The number of para-hydroxylation sites is 1. The second-order valence-electron chi connectivity index (χ2n) is 5.72. The molecule has 0 fully saturated rings. The van der Waals surface area contributed by atoms with Gasteiger partial charge in [-0.05, 0) is 36.4 Å². The van der Waals surface area contributed by atoms with E-state index in [1.807, 2.05) is 6.07 Å². The summed E-state index contributed by atoms with van der Waals surface area (Å²) in [6, 6.07) is 14.5. The number of fused-ring (bicyclic) bond motifs is 1. The first kappa shape index (κ1) is 16.8. The third-order valence-electron chi connectivity index (χ3n) is 3.83. The molecule has 27 heavy (non-hydrogen) atoms. The molecule has 0 saturated heterocycles. The Morgan fingerprint density at radius 2 is 1.78 bits per heavy atom. The van der Waals surface area contributed by atoms with Crippen molar-refractivity contribution in [2.75, 3.05) is 23.8 Å². The second-order valence-corrected chi connectivity index (χ2v) is 5.72. The summed E-state index contributed by atoms with van der Waals surface area (Å²) in [5.41, 5.74) is 0.908. The van der Waals surface area contributed by atoms with E-state index in [2.05, 4.69) is 20.8 Å². The van der Waals surface area contributed by atoms with Crippen molar-refractivity contribution in [1.82, 2.24) is 10.2 Å². The molecule has 0 unspecified atom stereocenters. The van der Waals surface area contributed by atoms with Crippen LogP contribution in [0, 0.1) is 5.82 Å². The molecule has 0 saturated carbocycles. The van der Waals surface area contributed by atoms with Crippen molar-refractivity contribution >= 4 is 23.1 Å². The standard InChI is InChI=1S/C19H15FN4O3/c20-13-3-1-2-4-14(13)22-19(25)15-6-8-18(24-23-15)21-12-5-7-16-17(11-12)27-10-9-26-16/h1-8,11H,9-10H2,(H,21,24)(H,22,25). The lowest BCUT2D eigenvalue weighted by atomic mass is 10.2.